The van der Waals surface area contributed by atoms with E-state index in [1.165, 1.54) is 58.7 Å². The average Bonchev–Trinajstić information content (AvgIpc) is 3.20. The summed E-state index contributed by atoms with van der Waals surface area (Å²) in [5.41, 5.74) is 7.58. The fourth-order valence-corrected chi connectivity index (χ4v) is 7.62. The number of hydrogen-bond acceptors (Lipinski definition) is 4. The van der Waals surface area contributed by atoms with Crippen LogP contribution in [0.3, 0.4) is 0 Å². The van der Waals surface area contributed by atoms with Crippen LogP contribution >= 0.6 is 29.6 Å². The quantitative estimate of drug-likeness (QED) is 0.0622. The van der Waals surface area contributed by atoms with E-state index < -0.39 is 0 Å². The number of halogens is 2. The van der Waals surface area contributed by atoms with Crippen LogP contribution in [0, 0.1) is 18.8 Å². The van der Waals surface area contributed by atoms with Crippen LogP contribution in [0.5, 0.6) is 23.0 Å². The molecule has 4 rings (SSSR count). The van der Waals surface area contributed by atoms with Gasteiger partial charge in [-0.2, -0.15) is 6.42 Å². The molecule has 0 aliphatic heterocycles. The van der Waals surface area contributed by atoms with E-state index in [4.69, 9.17) is 24.4 Å². The van der Waals surface area contributed by atoms with Crippen molar-refractivity contribution in [1.82, 2.24) is 0 Å². The summed E-state index contributed by atoms with van der Waals surface area (Å²) in [7, 11) is 6.74. The van der Waals surface area contributed by atoms with Crippen molar-refractivity contribution in [2.75, 3.05) is 28.4 Å². The van der Waals surface area contributed by atoms with Gasteiger partial charge in [0.25, 0.3) is 0 Å². The molecule has 0 fully saturated rings. The van der Waals surface area contributed by atoms with E-state index in [1.54, 1.807) is 28.4 Å². The van der Waals surface area contributed by atoms with Crippen LogP contribution in [0.4, 0.5) is 0 Å². The van der Waals surface area contributed by atoms with Crippen molar-refractivity contribution in [2.45, 2.75) is 131 Å². The summed E-state index contributed by atoms with van der Waals surface area (Å²) < 4.78 is 54.7. The Morgan fingerprint density at radius 2 is 1.13 bits per heavy atom. The SMILES string of the molecule is C.[2H]C([2H])=C([13CH3])[C@@H]1CCC(C)=C[C@H]1c1c(OC)cc(Br)cc1OC.[2H]C([2H])=C([13CH3])[C@@H]1CCC(C)=C[C@H]1c1c(OC)cc(CCCCC)cc1OC.[CH2-]CCCC.[Zn+][Br]. The Morgan fingerprint density at radius 3 is 1.44 bits per heavy atom. The van der Waals surface area contributed by atoms with Crippen molar-refractivity contribution < 1.29 is 40.8 Å². The zero-order valence-corrected chi connectivity index (χ0v) is 40.5. The fraction of sp³-hybridized carbons (Fsp3) is 0.553. The van der Waals surface area contributed by atoms with Gasteiger partial charge < -0.3 is 25.9 Å². The minimum absolute atomic E-state index is 0. The Kier molecular flexibility index (Phi) is 23.7. The first-order chi connectivity index (χ1) is 27.2. The first-order valence-electron chi connectivity index (χ1n) is 21.1. The summed E-state index contributed by atoms with van der Waals surface area (Å²) in [5.74, 6) is 3.60. The van der Waals surface area contributed by atoms with Crippen molar-refractivity contribution in [2.24, 2.45) is 11.8 Å². The molecule has 4 atom stereocenters. The molecule has 300 valence electrons. The summed E-state index contributed by atoms with van der Waals surface area (Å²) >= 11 is 7.74. The molecule has 2 aromatic rings. The second-order valence-corrected chi connectivity index (χ2v) is 15.0. The normalized spacial score (nSPS) is 19.5. The van der Waals surface area contributed by atoms with Crippen LogP contribution in [-0.2, 0) is 22.8 Å². The number of ether oxygens (including phenoxy) is 4. The molecule has 0 amide bonds. The third-order valence-electron chi connectivity index (χ3n) is 10.1. The zero-order chi connectivity index (χ0) is 43.2. The first-order valence-corrected chi connectivity index (χ1v) is 26.8. The van der Waals surface area contributed by atoms with Crippen molar-refractivity contribution >= 4 is 29.6 Å². The van der Waals surface area contributed by atoms with Gasteiger partial charge in [0.1, 0.15) is 23.0 Å². The van der Waals surface area contributed by atoms with E-state index in [1.807, 2.05) is 26.0 Å². The number of unbranched alkanes of at least 4 members (excludes halogenated alkanes) is 4. The summed E-state index contributed by atoms with van der Waals surface area (Å²) in [6.07, 6.45) is 16.6. The Balaban J connectivity index is 0.000000959. The van der Waals surface area contributed by atoms with Gasteiger partial charge in [-0.05, 0) is 108 Å². The van der Waals surface area contributed by atoms with Gasteiger partial charge in [0, 0.05) is 27.4 Å². The molecular formula is C47H72Br2O4Zn. The van der Waals surface area contributed by atoms with Crippen molar-refractivity contribution in [3.8, 4) is 23.0 Å². The van der Waals surface area contributed by atoms with Crippen molar-refractivity contribution in [3.05, 3.63) is 99.9 Å². The number of benzene rings is 2. The van der Waals surface area contributed by atoms with Crippen molar-refractivity contribution in [3.63, 3.8) is 0 Å². The molecule has 0 saturated carbocycles. The molecule has 0 saturated heterocycles. The molecule has 2 aliphatic carbocycles. The zero-order valence-electron chi connectivity index (χ0n) is 38.4. The van der Waals surface area contributed by atoms with Gasteiger partial charge in [-0.15, -0.1) is 0 Å². The predicted octanol–water partition coefficient (Wildman–Crippen LogP) is 15.4. The Bertz CT molecular complexity index is 1600. The van der Waals surface area contributed by atoms with Crippen LogP contribution in [0.25, 0.3) is 0 Å². The molecule has 2 aliphatic rings. The first kappa shape index (κ1) is 44.9. The predicted molar refractivity (Wildman–Crippen MR) is 239 cm³/mol. The molecule has 2 aromatic carbocycles. The van der Waals surface area contributed by atoms with E-state index >= 15 is 0 Å². The summed E-state index contributed by atoms with van der Waals surface area (Å²) in [6, 6.07) is 8.16. The molecule has 0 aromatic heterocycles. The van der Waals surface area contributed by atoms with E-state index in [0.717, 1.165) is 94.7 Å². The summed E-state index contributed by atoms with van der Waals surface area (Å²) in [5, 5.41) is 0. The molecule has 7 heteroatoms. The van der Waals surface area contributed by atoms with Gasteiger partial charge in [0.05, 0.1) is 33.9 Å². The molecule has 0 radical (unpaired) electrons. The standard InChI is InChI=1S/C23H34O2.C18H23BrO2.C5H11.CH4.BrH.Zn/c1-7-8-9-10-18-14-21(24-5)23(22(15-18)25-6)20-13-17(4)11-12-19(20)16(2)3;1-11(2)14-7-6-12(3)8-15(14)18-16(20-4)9-13(19)10-17(18)21-5;1-3-5-4-2;;;/h13-15,19-20H,2,7-12H2,1,3-6H3;8-10,14-15H,1,6-7H2,2-5H3;1,3-5H2,2H3;1H4;1H;/q;;-1;;;+2/p-1/t19-,20+;14-,15+;;;;/m00..../s1/i2D2,3+1;1D2,2+1;;;;. The van der Waals surface area contributed by atoms with Crippen LogP contribution in [0.2, 0.25) is 0 Å². The van der Waals surface area contributed by atoms with Crippen LogP contribution < -0.4 is 18.9 Å². The van der Waals surface area contributed by atoms with Gasteiger partial charge in [0.2, 0.25) is 0 Å². The van der Waals surface area contributed by atoms with Gasteiger partial charge in [-0.3, -0.25) is 0 Å². The Labute approximate surface area is 362 Å². The Morgan fingerprint density at radius 1 is 0.741 bits per heavy atom. The monoisotopic (exact) mass is 928 g/mol. The third kappa shape index (κ3) is 16.0. The molecule has 0 unspecified atom stereocenters. The van der Waals surface area contributed by atoms with Gasteiger partial charge >= 0.3 is 30.0 Å². The second-order valence-electron chi connectivity index (χ2n) is 14.0. The van der Waals surface area contributed by atoms with E-state index in [-0.39, 0.29) is 44.2 Å². The average molecular weight is 932 g/mol. The maximum absolute atomic E-state index is 7.81. The molecule has 0 spiro atoms. The van der Waals surface area contributed by atoms with Crippen LogP contribution in [0.15, 0.2) is 76.2 Å². The number of allylic oxidation sites excluding steroid dienone is 6. The fourth-order valence-electron chi connectivity index (χ4n) is 7.21. The number of aryl methyl sites for hydroxylation is 1. The topological polar surface area (TPSA) is 36.9 Å². The summed E-state index contributed by atoms with van der Waals surface area (Å²) in [6.45, 7) is 16.0. The molecular weight excluding hydrogens is 856 g/mol. The maximum atomic E-state index is 7.81. The number of methoxy groups -OCH3 is 4. The minimum atomic E-state index is -0.0944. The summed E-state index contributed by atoms with van der Waals surface area (Å²) in [4.78, 5) is 0. The van der Waals surface area contributed by atoms with Gasteiger partial charge in [-0.25, -0.2) is 0 Å². The second kappa shape index (κ2) is 28.6. The van der Waals surface area contributed by atoms with E-state index in [0.29, 0.717) is 0 Å². The number of hydrogen-bond donors (Lipinski definition) is 0. The van der Waals surface area contributed by atoms with Gasteiger partial charge in [0.15, 0.2) is 0 Å². The molecule has 4 nitrogen and oxygen atoms in total. The van der Waals surface area contributed by atoms with Crippen LogP contribution in [-0.4, -0.2) is 28.4 Å². The molecule has 0 bridgehead atoms. The van der Waals surface area contributed by atoms with Crippen molar-refractivity contribution in [1.29, 1.82) is 0 Å². The third-order valence-corrected chi connectivity index (χ3v) is 10.5. The van der Waals surface area contributed by atoms with Gasteiger partial charge in [-0.1, -0.05) is 110 Å². The molecule has 0 N–H and O–H groups in total. The molecule has 0 heterocycles. The number of rotatable bonds is 14. The van der Waals surface area contributed by atoms with Crippen LogP contribution in [0.1, 0.15) is 147 Å². The van der Waals surface area contributed by atoms with E-state index in [9.17, 15) is 0 Å². The Hall–Kier alpha value is -1.82. The van der Waals surface area contributed by atoms with E-state index in [2.05, 4.69) is 88.5 Å². The molecule has 54 heavy (non-hydrogen) atoms.